The van der Waals surface area contributed by atoms with Gasteiger partial charge < -0.3 is 4.98 Å². The van der Waals surface area contributed by atoms with E-state index in [0.717, 1.165) is 5.56 Å². The maximum atomic E-state index is 13.4. The number of hydrogen-bond acceptors (Lipinski definition) is 3. The van der Waals surface area contributed by atoms with Crippen molar-refractivity contribution in [2.24, 2.45) is 0 Å². The zero-order valence-electron chi connectivity index (χ0n) is 9.91. The predicted octanol–water partition coefficient (Wildman–Crippen LogP) is 3.43. The normalized spacial score (nSPS) is 10.1. The van der Waals surface area contributed by atoms with E-state index < -0.39 is 5.82 Å². The van der Waals surface area contributed by atoms with Crippen LogP contribution in [0.2, 0.25) is 0 Å². The van der Waals surface area contributed by atoms with Crippen molar-refractivity contribution in [3.63, 3.8) is 0 Å². The van der Waals surface area contributed by atoms with Gasteiger partial charge in [0.1, 0.15) is 16.3 Å². The van der Waals surface area contributed by atoms with Gasteiger partial charge in [-0.05, 0) is 32.0 Å². The summed E-state index contributed by atoms with van der Waals surface area (Å²) < 4.78 is 13.9. The fourth-order valence-electron chi connectivity index (χ4n) is 1.73. The molecule has 2 aromatic rings. The first-order valence-electron chi connectivity index (χ1n) is 5.30. The van der Waals surface area contributed by atoms with Gasteiger partial charge in [0.25, 0.3) is 0 Å². The van der Waals surface area contributed by atoms with Crippen molar-refractivity contribution in [2.75, 3.05) is 0 Å². The minimum Gasteiger partial charge on any atom is -0.343 e. The summed E-state index contributed by atoms with van der Waals surface area (Å²) in [5, 5.41) is 8.85. The van der Waals surface area contributed by atoms with Gasteiger partial charge in [-0.1, -0.05) is 12.2 Å². The van der Waals surface area contributed by atoms with E-state index in [0.29, 0.717) is 21.7 Å². The molecule has 2 rings (SSSR count). The molecule has 0 fully saturated rings. The zero-order chi connectivity index (χ0) is 13.3. The molecule has 1 aromatic carbocycles. The number of H-pyrrole nitrogens is 1. The largest absolute Gasteiger partial charge is 0.343 e. The lowest BCUT2D eigenvalue weighted by atomic mass is 10.1. The van der Waals surface area contributed by atoms with Gasteiger partial charge in [-0.3, -0.25) is 0 Å². The molecule has 0 unspecified atom stereocenters. The number of nitrogens with one attached hydrogen (secondary N) is 1. The van der Waals surface area contributed by atoms with Crippen molar-refractivity contribution in [1.29, 1.82) is 5.26 Å². The monoisotopic (exact) mass is 259 g/mol. The highest BCUT2D eigenvalue weighted by molar-refractivity contribution is 7.71. The molecule has 0 aliphatic heterocycles. The first-order valence-corrected chi connectivity index (χ1v) is 5.70. The van der Waals surface area contributed by atoms with Gasteiger partial charge in [-0.2, -0.15) is 5.26 Å². The van der Waals surface area contributed by atoms with E-state index in [9.17, 15) is 4.39 Å². The molecule has 90 valence electrons. The minimum absolute atomic E-state index is 0.276. The second-order valence-electron chi connectivity index (χ2n) is 3.97. The second-order valence-corrected chi connectivity index (χ2v) is 4.35. The molecule has 0 radical (unpaired) electrons. The van der Waals surface area contributed by atoms with E-state index in [1.807, 2.05) is 13.0 Å². The van der Waals surface area contributed by atoms with Crippen molar-refractivity contribution in [1.82, 2.24) is 9.97 Å². The molecule has 0 amide bonds. The fraction of sp³-hybridized carbons (Fsp3) is 0.154. The highest BCUT2D eigenvalue weighted by Crippen LogP contribution is 2.23. The lowest BCUT2D eigenvalue weighted by molar-refractivity contribution is 0.627. The molecule has 0 saturated heterocycles. The molecular weight excluding hydrogens is 249 g/mol. The molecule has 0 spiro atoms. The van der Waals surface area contributed by atoms with Crippen molar-refractivity contribution in [3.05, 3.63) is 45.6 Å². The van der Waals surface area contributed by atoms with Crippen LogP contribution in [0.1, 0.15) is 17.0 Å². The minimum atomic E-state index is -0.447. The molecule has 0 bridgehead atoms. The molecule has 18 heavy (non-hydrogen) atoms. The highest BCUT2D eigenvalue weighted by Gasteiger charge is 2.08. The van der Waals surface area contributed by atoms with Crippen molar-refractivity contribution >= 4 is 12.2 Å². The Morgan fingerprint density at radius 2 is 2.06 bits per heavy atom. The summed E-state index contributed by atoms with van der Waals surface area (Å²) in [5.41, 5.74) is 2.34. The number of nitriles is 1. The Balaban J connectivity index is 2.73. The van der Waals surface area contributed by atoms with Gasteiger partial charge in [-0.15, -0.1) is 0 Å². The summed E-state index contributed by atoms with van der Waals surface area (Å²) in [6, 6.07) is 6.12. The van der Waals surface area contributed by atoms with E-state index in [-0.39, 0.29) is 5.56 Å². The van der Waals surface area contributed by atoms with Crippen LogP contribution in [0.5, 0.6) is 0 Å². The Morgan fingerprint density at radius 1 is 1.33 bits per heavy atom. The Kier molecular flexibility index (Phi) is 3.21. The van der Waals surface area contributed by atoms with Gasteiger partial charge in [0.15, 0.2) is 0 Å². The van der Waals surface area contributed by atoms with Crippen LogP contribution in [0.25, 0.3) is 11.3 Å². The average Bonchev–Trinajstić information content (AvgIpc) is 2.32. The summed E-state index contributed by atoms with van der Waals surface area (Å²) >= 11 is 5.13. The van der Waals surface area contributed by atoms with Crippen LogP contribution in [-0.2, 0) is 0 Å². The fourth-order valence-corrected chi connectivity index (χ4v) is 1.97. The number of nitrogens with zero attached hydrogens (tertiary/aromatic N) is 2. The third-order valence-electron chi connectivity index (χ3n) is 2.59. The van der Waals surface area contributed by atoms with Crippen LogP contribution in [0.3, 0.4) is 0 Å². The first kappa shape index (κ1) is 12.4. The number of aryl methyl sites for hydroxylation is 1. The number of aromatic amines is 1. The molecule has 0 aliphatic rings. The van der Waals surface area contributed by atoms with E-state index in [1.54, 1.807) is 13.0 Å². The number of benzene rings is 1. The molecule has 1 aromatic heterocycles. The molecular formula is C13H10FN3S. The van der Waals surface area contributed by atoms with Crippen LogP contribution in [-0.4, -0.2) is 9.97 Å². The van der Waals surface area contributed by atoms with E-state index in [1.165, 1.54) is 12.1 Å². The first-order chi connectivity index (χ1) is 8.51. The van der Waals surface area contributed by atoms with Gasteiger partial charge in [0.2, 0.25) is 0 Å². The van der Waals surface area contributed by atoms with Crippen LogP contribution >= 0.6 is 12.2 Å². The summed E-state index contributed by atoms with van der Waals surface area (Å²) in [5.74, 6) is 0.209. The topological polar surface area (TPSA) is 52.5 Å². The standard InChI is InChI=1S/C13H10FN3S/c1-7-12(16-8(2)17-13(7)18)10-3-9(6-15)4-11(14)5-10/h3-5H,1-2H3,(H,16,17,18). The van der Waals surface area contributed by atoms with Crippen LogP contribution in [0.15, 0.2) is 18.2 Å². The Hall–Kier alpha value is -2.06. The quantitative estimate of drug-likeness (QED) is 0.798. The van der Waals surface area contributed by atoms with Gasteiger partial charge in [0, 0.05) is 11.1 Å². The van der Waals surface area contributed by atoms with Crippen LogP contribution in [0.4, 0.5) is 4.39 Å². The summed E-state index contributed by atoms with van der Waals surface area (Å²) in [4.78, 5) is 7.18. The summed E-state index contributed by atoms with van der Waals surface area (Å²) in [6.45, 7) is 3.60. The number of rotatable bonds is 1. The Labute approximate surface area is 109 Å². The number of aromatic nitrogens is 2. The highest BCUT2D eigenvalue weighted by atomic mass is 32.1. The molecule has 1 heterocycles. The lowest BCUT2D eigenvalue weighted by Crippen LogP contribution is -1.97. The van der Waals surface area contributed by atoms with Gasteiger partial charge >= 0.3 is 0 Å². The molecule has 0 saturated carbocycles. The van der Waals surface area contributed by atoms with Crippen molar-refractivity contribution in [2.45, 2.75) is 13.8 Å². The SMILES string of the molecule is Cc1nc(=S)c(C)c(-c2cc(F)cc(C#N)c2)[nH]1. The maximum absolute atomic E-state index is 13.4. The Bertz CT molecular complexity index is 713. The summed E-state index contributed by atoms with van der Waals surface area (Å²) in [7, 11) is 0. The summed E-state index contributed by atoms with van der Waals surface area (Å²) in [6.07, 6.45) is 0. The molecule has 3 nitrogen and oxygen atoms in total. The molecule has 5 heteroatoms. The van der Waals surface area contributed by atoms with Crippen molar-refractivity contribution in [3.8, 4) is 17.3 Å². The molecule has 1 N–H and O–H groups in total. The van der Waals surface area contributed by atoms with Gasteiger partial charge in [0.05, 0.1) is 17.3 Å². The smallest absolute Gasteiger partial charge is 0.133 e. The van der Waals surface area contributed by atoms with E-state index >= 15 is 0 Å². The Morgan fingerprint density at radius 3 is 2.72 bits per heavy atom. The third-order valence-corrected chi connectivity index (χ3v) is 2.98. The number of hydrogen-bond donors (Lipinski definition) is 1. The lowest BCUT2D eigenvalue weighted by Gasteiger charge is -2.08. The zero-order valence-corrected chi connectivity index (χ0v) is 10.7. The van der Waals surface area contributed by atoms with E-state index in [2.05, 4.69) is 9.97 Å². The van der Waals surface area contributed by atoms with Gasteiger partial charge in [-0.25, -0.2) is 9.37 Å². The molecule has 0 atom stereocenters. The van der Waals surface area contributed by atoms with E-state index in [4.69, 9.17) is 17.5 Å². The van der Waals surface area contributed by atoms with Crippen LogP contribution < -0.4 is 0 Å². The average molecular weight is 259 g/mol. The van der Waals surface area contributed by atoms with Crippen LogP contribution in [0, 0.1) is 35.6 Å². The predicted molar refractivity (Wildman–Crippen MR) is 69.0 cm³/mol. The molecule has 0 aliphatic carbocycles. The maximum Gasteiger partial charge on any atom is 0.133 e. The second kappa shape index (κ2) is 4.67. The van der Waals surface area contributed by atoms with Crippen molar-refractivity contribution < 1.29 is 4.39 Å². The third kappa shape index (κ3) is 2.29. The number of halogens is 1.